The molecule has 0 radical (unpaired) electrons. The summed E-state index contributed by atoms with van der Waals surface area (Å²) in [5, 5.41) is 180. The predicted molar refractivity (Wildman–Crippen MR) is 274 cm³/mol. The largest absolute Gasteiger partial charge is 0.378 e. The molecule has 6 unspecified atom stereocenters. The summed E-state index contributed by atoms with van der Waals surface area (Å²) in [5.41, 5.74) is 5.88. The SMILES string of the molecule is NCCCCC(CN1CCN[C@H](O)[C@@H]2CC[C@H](C(O)NCCN3CCNC(O)[C@H]4CC[C@H]([C@@H](O)N4O)[C@@H](O)NCCN(CCN[C@H](O)[C@@H]4CCC([C@@H](O)NCC3)N(O)[C@@H]4O)CC1)N(O)[C@@H]2O)NC(=O)[C@@H]1CCC[C@H](O)N1O. The highest BCUT2D eigenvalue weighted by Gasteiger charge is 2.45. The molecular weight excluding hydrogens is 1010 g/mol. The Labute approximate surface area is 451 Å². The van der Waals surface area contributed by atoms with Crippen molar-refractivity contribution in [1.29, 1.82) is 0 Å². The molecule has 23 N–H and O–H groups in total. The lowest BCUT2D eigenvalue weighted by atomic mass is 9.90. The summed E-state index contributed by atoms with van der Waals surface area (Å²) in [6.45, 7) is 4.37. The fourth-order valence-corrected chi connectivity index (χ4v) is 11.9. The first-order valence-corrected chi connectivity index (χ1v) is 28.2. The molecule has 1 amide bonds. The zero-order chi connectivity index (χ0) is 55.8. The number of hydroxylamine groups is 8. The average Bonchev–Trinajstić information content (AvgIpc) is 3.39. The van der Waals surface area contributed by atoms with Gasteiger partial charge in [-0.05, 0) is 77.2 Å². The summed E-state index contributed by atoms with van der Waals surface area (Å²) >= 11 is 0. The number of hydrogen-bond donors (Lipinski definition) is 22. The minimum Gasteiger partial charge on any atom is -0.378 e. The van der Waals surface area contributed by atoms with E-state index in [1.54, 1.807) is 0 Å². The van der Waals surface area contributed by atoms with Crippen LogP contribution in [0.5, 0.6) is 0 Å². The van der Waals surface area contributed by atoms with Crippen LogP contribution in [0.4, 0.5) is 0 Å². The Morgan fingerprint density at radius 1 is 0.468 bits per heavy atom. The number of piperidine rings is 4. The van der Waals surface area contributed by atoms with E-state index in [0.29, 0.717) is 124 Å². The van der Waals surface area contributed by atoms with Crippen LogP contribution >= 0.6 is 0 Å². The first kappa shape index (κ1) is 64.5. The third kappa shape index (κ3) is 18.4. The molecule has 14 aliphatic rings. The highest BCUT2D eigenvalue weighted by molar-refractivity contribution is 5.82. The lowest BCUT2D eigenvalue weighted by molar-refractivity contribution is -0.284. The van der Waals surface area contributed by atoms with Crippen molar-refractivity contribution in [2.45, 2.75) is 170 Å². The van der Waals surface area contributed by atoms with Crippen molar-refractivity contribution in [3.8, 4) is 0 Å². The van der Waals surface area contributed by atoms with E-state index in [-0.39, 0.29) is 77.8 Å². The number of unbranched alkanes of at least 4 members (excludes halogenated alkanes) is 1. The van der Waals surface area contributed by atoms with Gasteiger partial charge in [-0.25, -0.2) is 0 Å². The van der Waals surface area contributed by atoms with Gasteiger partial charge in [-0.3, -0.25) is 51.4 Å². The van der Waals surface area contributed by atoms with Gasteiger partial charge in [0.1, 0.15) is 68.3 Å². The summed E-state index contributed by atoms with van der Waals surface area (Å²) in [6, 6.07) is -4.24. The second-order valence-corrected chi connectivity index (χ2v) is 22.0. The molecule has 14 fully saturated rings. The van der Waals surface area contributed by atoms with Gasteiger partial charge in [-0.15, -0.1) is 0 Å². The zero-order valence-corrected chi connectivity index (χ0v) is 44.6. The summed E-state index contributed by atoms with van der Waals surface area (Å²) in [4.78, 5) is 19.8. The average molecular weight is 1110 g/mol. The Hall–Kier alpha value is -1.65. The number of nitrogens with one attached hydrogen (secondary N) is 7. The molecule has 0 aromatic heterocycles. The summed E-state index contributed by atoms with van der Waals surface area (Å²) in [6.07, 6.45) is -9.14. The Morgan fingerprint density at radius 2 is 0.857 bits per heavy atom. The van der Waals surface area contributed by atoms with Gasteiger partial charge in [0.25, 0.3) is 0 Å². The Morgan fingerprint density at radius 3 is 1.27 bits per heavy atom. The van der Waals surface area contributed by atoms with E-state index in [2.05, 4.69) is 42.1 Å². The fourth-order valence-electron chi connectivity index (χ4n) is 11.9. The van der Waals surface area contributed by atoms with Crippen molar-refractivity contribution in [2.75, 3.05) is 105 Å². The molecule has 30 heteroatoms. The standard InChI is InChI=1S/C47H97N15O15/c48-13-2-1-4-29(55-44(70)33-5-3-6-37(63)59(33)74)28-58-25-19-51-40(66)32-9-12-36(62(77)47(32)73)43(69)54-18-22-56-20-16-52-41(67)34-10-7-30(45(71)60(34)75)38(64)49-14-23-57(26-27-58)24-15-50-39(65)31-8-11-35(61(76)46(31)72)42(68)53-17-21-56/h29-43,45-47,49-54,63-69,71-77H,1-28,48H2,(H,55,70)/t29?,30-,31-,32-,33-,34+,35?,36+,37-,38+,39+,40+,41?,42+,43?,45+,46+,47+/m0/s1. The van der Waals surface area contributed by atoms with E-state index in [0.717, 1.165) is 0 Å². The molecular formula is C47H97N15O15. The maximum absolute atomic E-state index is 13.8. The summed E-state index contributed by atoms with van der Waals surface area (Å²) < 4.78 is 0. The molecule has 14 heterocycles. The molecule has 0 spiro atoms. The molecule has 0 aromatic rings. The minimum atomic E-state index is -1.56. The van der Waals surface area contributed by atoms with Crippen LogP contribution in [-0.2, 0) is 4.79 Å². The first-order chi connectivity index (χ1) is 36.9. The van der Waals surface area contributed by atoms with E-state index in [4.69, 9.17) is 5.73 Å². The van der Waals surface area contributed by atoms with Gasteiger partial charge in [0.2, 0.25) is 5.91 Å². The first-order valence-electron chi connectivity index (χ1n) is 28.2. The van der Waals surface area contributed by atoms with Crippen molar-refractivity contribution >= 4 is 5.91 Å². The summed E-state index contributed by atoms with van der Waals surface area (Å²) in [7, 11) is 0. The van der Waals surface area contributed by atoms with Gasteiger partial charge in [0.05, 0.1) is 18.1 Å². The van der Waals surface area contributed by atoms with Crippen LogP contribution in [0, 0.1) is 17.8 Å². The Bertz CT molecular complexity index is 1640. The molecule has 20 atom stereocenters. The topological polar surface area (TPSA) is 433 Å². The quantitative estimate of drug-likeness (QED) is 0.100. The molecule has 8 bridgehead atoms. The van der Waals surface area contributed by atoms with Crippen molar-refractivity contribution in [3.05, 3.63) is 0 Å². The van der Waals surface area contributed by atoms with E-state index in [9.17, 15) is 76.7 Å². The van der Waals surface area contributed by atoms with E-state index in [1.807, 2.05) is 9.80 Å². The van der Waals surface area contributed by atoms with Crippen molar-refractivity contribution in [3.63, 3.8) is 0 Å². The van der Waals surface area contributed by atoms with Crippen LogP contribution < -0.4 is 43.0 Å². The van der Waals surface area contributed by atoms with Gasteiger partial charge >= 0.3 is 0 Å². The van der Waals surface area contributed by atoms with E-state index in [1.165, 1.54) is 0 Å². The lowest BCUT2D eigenvalue weighted by Crippen LogP contribution is -2.61. The maximum atomic E-state index is 13.8. The van der Waals surface area contributed by atoms with Gasteiger partial charge in [0, 0.05) is 122 Å². The van der Waals surface area contributed by atoms with Crippen molar-refractivity contribution < 1.29 is 76.7 Å². The number of nitrogens with zero attached hydrogens (tertiary/aromatic N) is 7. The van der Waals surface area contributed by atoms with Crippen molar-refractivity contribution in [1.82, 2.24) is 72.2 Å². The van der Waals surface area contributed by atoms with Crippen LogP contribution in [0.25, 0.3) is 0 Å². The molecule has 14 rings (SSSR count). The maximum Gasteiger partial charge on any atom is 0.240 e. The second kappa shape index (κ2) is 32.3. The molecule has 14 saturated heterocycles. The highest BCUT2D eigenvalue weighted by atomic mass is 16.6. The van der Waals surface area contributed by atoms with Crippen LogP contribution in [0.1, 0.15) is 77.0 Å². The third-order valence-electron chi connectivity index (χ3n) is 16.8. The van der Waals surface area contributed by atoms with E-state index >= 15 is 0 Å². The van der Waals surface area contributed by atoms with Crippen LogP contribution in [0.3, 0.4) is 0 Å². The van der Waals surface area contributed by atoms with Gasteiger partial charge in [-0.2, -0.15) is 20.3 Å². The monoisotopic (exact) mass is 1110 g/mol. The second-order valence-electron chi connectivity index (χ2n) is 22.0. The van der Waals surface area contributed by atoms with Gasteiger partial charge < -0.3 is 82.9 Å². The molecule has 0 aliphatic carbocycles. The molecule has 0 saturated carbocycles. The molecule has 77 heavy (non-hydrogen) atoms. The smallest absolute Gasteiger partial charge is 0.240 e. The Kier molecular flexibility index (Phi) is 27.0. The Balaban J connectivity index is 1.29. The molecule has 14 aliphatic heterocycles. The van der Waals surface area contributed by atoms with Crippen LogP contribution in [0.2, 0.25) is 0 Å². The number of nitrogens with two attached hydrogens (primary N) is 1. The molecule has 0 aromatic carbocycles. The number of aliphatic hydroxyl groups excluding tert-OH is 10. The number of carbonyl (C=O) groups is 1. The minimum absolute atomic E-state index is 0.170. The zero-order valence-electron chi connectivity index (χ0n) is 44.6. The van der Waals surface area contributed by atoms with Crippen LogP contribution in [0.15, 0.2) is 0 Å². The number of rotatable bonds is 8. The number of carbonyl (C=O) groups excluding carboxylic acids is 1. The predicted octanol–water partition coefficient (Wildman–Crippen LogP) is -8.09. The summed E-state index contributed by atoms with van der Waals surface area (Å²) in [5.74, 6) is -2.99. The third-order valence-corrected chi connectivity index (χ3v) is 16.8. The highest BCUT2D eigenvalue weighted by Crippen LogP contribution is 2.31. The van der Waals surface area contributed by atoms with Gasteiger partial charge in [0.15, 0.2) is 0 Å². The lowest BCUT2D eigenvalue weighted by Gasteiger charge is -2.43. The van der Waals surface area contributed by atoms with E-state index < -0.39 is 116 Å². The fraction of sp³-hybridized carbons (Fsp3) is 0.979. The normalized spacial score (nSPS) is 41.6. The van der Waals surface area contributed by atoms with Crippen LogP contribution in [-0.4, -0.2) is 310 Å². The number of hydrogen-bond acceptors (Lipinski definition) is 29. The molecule has 30 nitrogen and oxygen atoms in total. The molecule has 450 valence electrons. The van der Waals surface area contributed by atoms with Crippen molar-refractivity contribution in [2.24, 2.45) is 23.5 Å². The number of amides is 1. The number of aliphatic hydroxyl groups is 10. The van der Waals surface area contributed by atoms with Gasteiger partial charge in [-0.1, -0.05) is 6.42 Å².